The molecule has 0 bridgehead atoms. The highest BCUT2D eigenvalue weighted by molar-refractivity contribution is 7.71. The molecule has 202 valence electrons. The van der Waals surface area contributed by atoms with Gasteiger partial charge in [-0.25, -0.2) is 4.98 Å². The number of fused-ring (bicyclic) bond motifs is 2. The summed E-state index contributed by atoms with van der Waals surface area (Å²) in [5, 5.41) is 0.939. The summed E-state index contributed by atoms with van der Waals surface area (Å²) in [5.74, 6) is 0.308. The summed E-state index contributed by atoms with van der Waals surface area (Å²) in [7, 11) is -5.27. The molecule has 0 aromatic carbocycles. The molecule has 4 heterocycles. The van der Waals surface area contributed by atoms with Gasteiger partial charge in [-0.2, -0.15) is 0 Å². The van der Waals surface area contributed by atoms with Crippen LogP contribution in [0, 0.1) is 4.64 Å². The smallest absolute Gasteiger partial charge is 0.335 e. The minimum absolute atomic E-state index is 0.109. The number of hydrogen-bond acceptors (Lipinski definition) is 7. The van der Waals surface area contributed by atoms with E-state index >= 15 is 0 Å². The first-order chi connectivity index (χ1) is 16.9. The number of nitrogens with two attached hydrogens (primary N) is 1. The summed E-state index contributed by atoms with van der Waals surface area (Å²) in [6.45, 7) is 20.5. The molecule has 36 heavy (non-hydrogen) atoms. The molecular formula is C25H44N4O4SSi2. The third-order valence-corrected chi connectivity index (χ3v) is 18.6. The quantitative estimate of drug-likeness (QED) is 0.313. The second kappa shape index (κ2) is 10.2. The summed E-state index contributed by atoms with van der Waals surface area (Å²) >= 11 is 5.57. The monoisotopic (exact) mass is 552 g/mol. The lowest BCUT2D eigenvalue weighted by atomic mass is 10.2. The standard InChI is InChI=1S/C25H44N4O4SSi2/c1-10-18-12-29(23-22(18)24(34)28-25(26)27-23)21-11-19-20(31-21)13-30-35(14(2)3,15(4)5)33-36(32-19,16(6)7)17(8)9/h12,14-17,19-21H,10-11,13H2,1-9H3,(H3,26,27,28,34). The van der Waals surface area contributed by atoms with Gasteiger partial charge in [0.15, 0.2) is 5.95 Å². The zero-order valence-corrected chi connectivity index (χ0v) is 26.1. The van der Waals surface area contributed by atoms with Gasteiger partial charge in [0.1, 0.15) is 22.6 Å². The van der Waals surface area contributed by atoms with Crippen molar-refractivity contribution in [2.45, 2.75) is 116 Å². The molecule has 2 aliphatic heterocycles. The number of H-pyrrole nitrogens is 1. The van der Waals surface area contributed by atoms with E-state index in [4.69, 9.17) is 35.7 Å². The Hall–Kier alpha value is -1.09. The van der Waals surface area contributed by atoms with Crippen LogP contribution < -0.4 is 5.73 Å². The van der Waals surface area contributed by atoms with Crippen LogP contribution in [-0.2, 0) is 24.1 Å². The molecule has 2 aromatic heterocycles. The van der Waals surface area contributed by atoms with Gasteiger partial charge < -0.3 is 33.0 Å². The van der Waals surface area contributed by atoms with E-state index in [-0.39, 0.29) is 29.5 Å². The van der Waals surface area contributed by atoms with Gasteiger partial charge in [0, 0.05) is 12.6 Å². The Kier molecular flexibility index (Phi) is 7.94. The van der Waals surface area contributed by atoms with Crippen molar-refractivity contribution in [3.05, 3.63) is 16.4 Å². The fourth-order valence-electron chi connectivity index (χ4n) is 6.06. The maximum absolute atomic E-state index is 7.31. The number of rotatable bonds is 6. The molecule has 0 aliphatic carbocycles. The lowest BCUT2D eigenvalue weighted by Gasteiger charge is -2.51. The fraction of sp³-hybridized carbons (Fsp3) is 0.760. The van der Waals surface area contributed by atoms with E-state index in [0.29, 0.717) is 34.7 Å². The molecule has 2 fully saturated rings. The van der Waals surface area contributed by atoms with Crippen LogP contribution in [0.15, 0.2) is 6.20 Å². The van der Waals surface area contributed by atoms with Crippen molar-refractivity contribution in [2.75, 3.05) is 12.3 Å². The summed E-state index contributed by atoms with van der Waals surface area (Å²) in [6, 6.07) is 0. The van der Waals surface area contributed by atoms with Crippen molar-refractivity contribution in [1.82, 2.24) is 14.5 Å². The highest BCUT2D eigenvalue weighted by Crippen LogP contribution is 2.48. The average Bonchev–Trinajstić information content (AvgIpc) is 3.33. The van der Waals surface area contributed by atoms with Gasteiger partial charge in [-0.1, -0.05) is 74.5 Å². The average molecular weight is 553 g/mol. The van der Waals surface area contributed by atoms with Gasteiger partial charge in [-0.05, 0) is 34.1 Å². The fourth-order valence-corrected chi connectivity index (χ4v) is 17.6. The Bertz CT molecular complexity index is 1130. The summed E-state index contributed by atoms with van der Waals surface area (Å²) < 4.78 is 30.8. The van der Waals surface area contributed by atoms with Crippen LogP contribution in [0.3, 0.4) is 0 Å². The van der Waals surface area contributed by atoms with E-state index in [0.717, 1.165) is 23.0 Å². The van der Waals surface area contributed by atoms with Crippen molar-refractivity contribution in [3.8, 4) is 0 Å². The molecule has 3 unspecified atom stereocenters. The Balaban J connectivity index is 1.77. The zero-order chi connectivity index (χ0) is 26.6. The minimum atomic E-state index is -2.68. The van der Waals surface area contributed by atoms with Crippen molar-refractivity contribution < 1.29 is 17.7 Å². The van der Waals surface area contributed by atoms with E-state index in [1.807, 2.05) is 0 Å². The highest BCUT2D eigenvalue weighted by Gasteiger charge is 2.60. The molecule has 4 rings (SSSR count). The summed E-state index contributed by atoms with van der Waals surface area (Å²) in [4.78, 5) is 7.52. The predicted molar refractivity (Wildman–Crippen MR) is 151 cm³/mol. The van der Waals surface area contributed by atoms with Gasteiger partial charge in [-0.3, -0.25) is 0 Å². The van der Waals surface area contributed by atoms with E-state index in [1.54, 1.807) is 0 Å². The first-order valence-corrected chi connectivity index (χ1v) is 17.8. The number of hydrogen-bond donors (Lipinski definition) is 2. The number of ether oxygens (including phenoxy) is 1. The van der Waals surface area contributed by atoms with Crippen molar-refractivity contribution in [2.24, 2.45) is 0 Å². The Morgan fingerprint density at radius 3 is 2.22 bits per heavy atom. The lowest BCUT2D eigenvalue weighted by molar-refractivity contribution is -0.0543. The normalized spacial score (nSPS) is 26.2. The number of anilines is 1. The van der Waals surface area contributed by atoms with Gasteiger partial charge in [0.25, 0.3) is 0 Å². The van der Waals surface area contributed by atoms with Crippen LogP contribution in [0.25, 0.3) is 11.0 Å². The molecule has 2 aliphatic rings. The number of nitrogens with one attached hydrogen (secondary N) is 1. The second-order valence-electron chi connectivity index (χ2n) is 11.6. The number of nitrogens with zero attached hydrogens (tertiary/aromatic N) is 2. The Labute approximate surface area is 222 Å². The van der Waals surface area contributed by atoms with E-state index in [2.05, 4.69) is 83.0 Å². The van der Waals surface area contributed by atoms with Gasteiger partial charge >= 0.3 is 17.1 Å². The van der Waals surface area contributed by atoms with E-state index in [1.165, 1.54) is 0 Å². The second-order valence-corrected chi connectivity index (χ2v) is 20.8. The molecular weight excluding hydrogens is 509 g/mol. The van der Waals surface area contributed by atoms with Gasteiger partial charge in [0.2, 0.25) is 0 Å². The first kappa shape index (κ1) is 27.9. The molecule has 0 amide bonds. The van der Waals surface area contributed by atoms with Crippen LogP contribution in [0.1, 0.15) is 80.5 Å². The molecule has 2 saturated heterocycles. The SMILES string of the molecule is CCc1cn(C2CC3O[Si](C(C)C)(C(C)C)O[Si](C(C)C)(C(C)C)OCC3O2)c2[nH]c(N)nc(=S)c12. The lowest BCUT2D eigenvalue weighted by Crippen LogP contribution is -2.65. The number of nitrogen functional groups attached to an aromatic ring is 1. The van der Waals surface area contributed by atoms with Crippen molar-refractivity contribution in [1.29, 1.82) is 0 Å². The van der Waals surface area contributed by atoms with Crippen LogP contribution in [0.2, 0.25) is 22.2 Å². The van der Waals surface area contributed by atoms with Crippen LogP contribution >= 0.6 is 12.2 Å². The molecule has 3 atom stereocenters. The number of aryl methyl sites for hydroxylation is 1. The van der Waals surface area contributed by atoms with Crippen LogP contribution in [0.4, 0.5) is 5.95 Å². The largest absolute Gasteiger partial charge is 0.414 e. The van der Waals surface area contributed by atoms with Crippen LogP contribution in [0.5, 0.6) is 0 Å². The van der Waals surface area contributed by atoms with Gasteiger partial charge in [0.05, 0.1) is 18.1 Å². The third kappa shape index (κ3) is 4.54. The topological polar surface area (TPSA) is 96.6 Å². The molecule has 3 N–H and O–H groups in total. The van der Waals surface area contributed by atoms with E-state index in [9.17, 15) is 0 Å². The molecule has 8 nitrogen and oxygen atoms in total. The Morgan fingerprint density at radius 2 is 1.67 bits per heavy atom. The maximum atomic E-state index is 7.31. The molecule has 2 aromatic rings. The highest BCUT2D eigenvalue weighted by atomic mass is 32.1. The molecule has 11 heteroatoms. The minimum Gasteiger partial charge on any atom is -0.414 e. The van der Waals surface area contributed by atoms with Gasteiger partial charge in [-0.15, -0.1) is 0 Å². The summed E-state index contributed by atoms with van der Waals surface area (Å²) in [5.41, 5.74) is 9.20. The van der Waals surface area contributed by atoms with Crippen molar-refractivity contribution >= 4 is 46.3 Å². The Morgan fingerprint density at radius 1 is 1.06 bits per heavy atom. The predicted octanol–water partition coefficient (Wildman–Crippen LogP) is 6.48. The molecule has 0 spiro atoms. The van der Waals surface area contributed by atoms with Crippen molar-refractivity contribution in [3.63, 3.8) is 0 Å². The maximum Gasteiger partial charge on any atom is 0.335 e. The third-order valence-electron chi connectivity index (χ3n) is 8.01. The molecule has 0 radical (unpaired) electrons. The molecule has 0 saturated carbocycles. The number of aromatic nitrogens is 3. The van der Waals surface area contributed by atoms with E-state index < -0.39 is 17.1 Å². The number of aromatic amines is 1. The van der Waals surface area contributed by atoms with Crippen LogP contribution in [-0.4, -0.2) is 50.5 Å². The first-order valence-electron chi connectivity index (χ1n) is 13.4. The zero-order valence-electron chi connectivity index (χ0n) is 23.3. The summed E-state index contributed by atoms with van der Waals surface area (Å²) in [6.07, 6.45) is 3.17.